The first-order valence-corrected chi connectivity index (χ1v) is 8.87. The third-order valence-electron chi connectivity index (χ3n) is 4.12. The zero-order valence-electron chi connectivity index (χ0n) is 15.8. The van der Waals surface area contributed by atoms with E-state index in [1.807, 2.05) is 30.3 Å². The second kappa shape index (κ2) is 10.2. The second-order valence-electron chi connectivity index (χ2n) is 6.40. The number of carbonyl (C=O) groups is 1. The van der Waals surface area contributed by atoms with Crippen molar-refractivity contribution < 1.29 is 4.79 Å². The molecular weight excluding hydrogens is 324 g/mol. The fraction of sp³-hybridized carbons (Fsp3) is 0.333. The van der Waals surface area contributed by atoms with E-state index in [0.29, 0.717) is 12.5 Å². The van der Waals surface area contributed by atoms with Crippen LogP contribution >= 0.6 is 0 Å². The lowest BCUT2D eigenvalue weighted by Crippen LogP contribution is -2.43. The predicted octanol–water partition coefficient (Wildman–Crippen LogP) is 2.36. The molecule has 2 rings (SSSR count). The third-order valence-corrected chi connectivity index (χ3v) is 4.12. The summed E-state index contributed by atoms with van der Waals surface area (Å²) in [7, 11) is 3.49. The van der Waals surface area contributed by atoms with Crippen LogP contribution in [0.5, 0.6) is 0 Å². The van der Waals surface area contributed by atoms with Crippen LogP contribution in [0.4, 0.5) is 0 Å². The van der Waals surface area contributed by atoms with Gasteiger partial charge in [-0.15, -0.1) is 0 Å². The molecule has 0 aliphatic rings. The molecule has 2 aromatic carbocycles. The van der Waals surface area contributed by atoms with Gasteiger partial charge in [0.15, 0.2) is 5.96 Å². The molecule has 0 radical (unpaired) electrons. The minimum Gasteiger partial charge on any atom is -0.356 e. The number of rotatable bonds is 7. The van der Waals surface area contributed by atoms with Crippen LogP contribution in [0.1, 0.15) is 16.7 Å². The van der Waals surface area contributed by atoms with Gasteiger partial charge in [0.25, 0.3) is 0 Å². The highest BCUT2D eigenvalue weighted by molar-refractivity contribution is 5.86. The Balaban J connectivity index is 1.97. The Labute approximate surface area is 156 Å². The number of nitrogens with zero attached hydrogens (tertiary/aromatic N) is 2. The van der Waals surface area contributed by atoms with Gasteiger partial charge in [-0.2, -0.15) is 0 Å². The minimum atomic E-state index is 0.0125. The quantitative estimate of drug-likeness (QED) is 0.594. The fourth-order valence-corrected chi connectivity index (χ4v) is 2.41. The Kier molecular flexibility index (Phi) is 7.68. The van der Waals surface area contributed by atoms with Gasteiger partial charge in [-0.05, 0) is 30.0 Å². The highest BCUT2D eigenvalue weighted by Crippen LogP contribution is 2.08. The van der Waals surface area contributed by atoms with Crippen LogP contribution in [0.25, 0.3) is 0 Å². The van der Waals surface area contributed by atoms with E-state index in [2.05, 4.69) is 46.8 Å². The summed E-state index contributed by atoms with van der Waals surface area (Å²) in [6.45, 7) is 3.62. The number of aliphatic imine (C=N–C) groups is 1. The molecular formula is C21H28N4O. The second-order valence-corrected chi connectivity index (χ2v) is 6.40. The van der Waals surface area contributed by atoms with E-state index >= 15 is 0 Å². The first kappa shape index (κ1) is 19.5. The first-order valence-electron chi connectivity index (χ1n) is 8.87. The average molecular weight is 352 g/mol. The van der Waals surface area contributed by atoms with Crippen molar-refractivity contribution in [2.24, 2.45) is 4.99 Å². The molecule has 2 aromatic rings. The molecule has 0 atom stereocenters. The zero-order valence-corrected chi connectivity index (χ0v) is 15.8. The monoisotopic (exact) mass is 352 g/mol. The highest BCUT2D eigenvalue weighted by Gasteiger charge is 2.06. The van der Waals surface area contributed by atoms with Gasteiger partial charge in [0.2, 0.25) is 5.91 Å². The smallest absolute Gasteiger partial charge is 0.241 e. The lowest BCUT2D eigenvalue weighted by atomic mass is 10.1. The predicted molar refractivity (Wildman–Crippen MR) is 107 cm³/mol. The maximum absolute atomic E-state index is 11.9. The Bertz CT molecular complexity index is 726. The maximum Gasteiger partial charge on any atom is 0.241 e. The molecule has 26 heavy (non-hydrogen) atoms. The Morgan fingerprint density at radius 1 is 1.00 bits per heavy atom. The van der Waals surface area contributed by atoms with Gasteiger partial charge < -0.3 is 15.5 Å². The van der Waals surface area contributed by atoms with Crippen molar-refractivity contribution in [2.75, 3.05) is 27.2 Å². The van der Waals surface area contributed by atoms with Crippen molar-refractivity contribution in [1.29, 1.82) is 0 Å². The number of guanidine groups is 1. The van der Waals surface area contributed by atoms with Crippen LogP contribution in [-0.4, -0.2) is 44.0 Å². The molecule has 0 spiro atoms. The molecule has 0 aliphatic carbocycles. The molecule has 0 bridgehead atoms. The molecule has 0 aromatic heterocycles. The summed E-state index contributed by atoms with van der Waals surface area (Å²) in [5.41, 5.74) is 3.66. The van der Waals surface area contributed by atoms with Gasteiger partial charge in [-0.25, -0.2) is 4.99 Å². The molecule has 0 saturated heterocycles. The van der Waals surface area contributed by atoms with Crippen molar-refractivity contribution in [1.82, 2.24) is 15.5 Å². The SMILES string of the molecule is Cc1ccccc1CN=C(NCCc1ccccc1)NCC(=O)N(C)C. The summed E-state index contributed by atoms with van der Waals surface area (Å²) in [5.74, 6) is 0.665. The summed E-state index contributed by atoms with van der Waals surface area (Å²) < 4.78 is 0. The van der Waals surface area contributed by atoms with E-state index in [1.165, 1.54) is 16.7 Å². The maximum atomic E-state index is 11.9. The molecule has 5 heteroatoms. The summed E-state index contributed by atoms with van der Waals surface area (Å²) in [6, 6.07) is 18.5. The molecule has 2 N–H and O–H groups in total. The number of nitrogens with one attached hydrogen (secondary N) is 2. The molecule has 0 fully saturated rings. The fourth-order valence-electron chi connectivity index (χ4n) is 2.41. The van der Waals surface area contributed by atoms with Crippen LogP contribution in [0.3, 0.4) is 0 Å². The van der Waals surface area contributed by atoms with E-state index in [4.69, 9.17) is 0 Å². The van der Waals surface area contributed by atoms with E-state index in [0.717, 1.165) is 13.0 Å². The number of hydrogen-bond acceptors (Lipinski definition) is 2. The average Bonchev–Trinajstić information content (AvgIpc) is 2.65. The number of amides is 1. The van der Waals surface area contributed by atoms with Crippen molar-refractivity contribution in [3.63, 3.8) is 0 Å². The Hall–Kier alpha value is -2.82. The van der Waals surface area contributed by atoms with E-state index in [9.17, 15) is 4.79 Å². The van der Waals surface area contributed by atoms with Gasteiger partial charge in [0, 0.05) is 20.6 Å². The van der Waals surface area contributed by atoms with Crippen molar-refractivity contribution in [3.8, 4) is 0 Å². The van der Waals surface area contributed by atoms with Crippen LogP contribution < -0.4 is 10.6 Å². The molecule has 5 nitrogen and oxygen atoms in total. The number of hydrogen-bond donors (Lipinski definition) is 2. The van der Waals surface area contributed by atoms with Gasteiger partial charge in [-0.3, -0.25) is 4.79 Å². The molecule has 1 amide bonds. The molecule has 0 heterocycles. The number of aryl methyl sites for hydroxylation is 1. The molecule has 0 saturated carbocycles. The third kappa shape index (κ3) is 6.59. The van der Waals surface area contributed by atoms with E-state index in [1.54, 1.807) is 19.0 Å². The zero-order chi connectivity index (χ0) is 18.8. The van der Waals surface area contributed by atoms with Crippen molar-refractivity contribution in [2.45, 2.75) is 19.9 Å². The number of carbonyl (C=O) groups excluding carboxylic acids is 1. The van der Waals surface area contributed by atoms with Crippen molar-refractivity contribution in [3.05, 3.63) is 71.3 Å². The molecule has 138 valence electrons. The van der Waals surface area contributed by atoms with Gasteiger partial charge >= 0.3 is 0 Å². The van der Waals surface area contributed by atoms with E-state index < -0.39 is 0 Å². The summed E-state index contributed by atoms with van der Waals surface area (Å²) in [5, 5.41) is 6.44. The summed E-state index contributed by atoms with van der Waals surface area (Å²) >= 11 is 0. The largest absolute Gasteiger partial charge is 0.356 e. The lowest BCUT2D eigenvalue weighted by Gasteiger charge is -2.15. The summed E-state index contributed by atoms with van der Waals surface area (Å²) in [6.07, 6.45) is 0.896. The molecule has 0 aliphatic heterocycles. The lowest BCUT2D eigenvalue weighted by molar-refractivity contribution is -0.127. The van der Waals surface area contributed by atoms with E-state index in [-0.39, 0.29) is 12.5 Å². The summed E-state index contributed by atoms with van der Waals surface area (Å²) in [4.78, 5) is 18.1. The van der Waals surface area contributed by atoms with Crippen molar-refractivity contribution >= 4 is 11.9 Å². The first-order chi connectivity index (χ1) is 12.6. The van der Waals surface area contributed by atoms with Gasteiger partial charge in [0.1, 0.15) is 0 Å². The van der Waals surface area contributed by atoms with Crippen LogP contribution in [0, 0.1) is 6.92 Å². The van der Waals surface area contributed by atoms with Crippen LogP contribution in [-0.2, 0) is 17.8 Å². The normalized spacial score (nSPS) is 11.1. The number of benzene rings is 2. The molecule has 0 unspecified atom stereocenters. The van der Waals surface area contributed by atoms with Gasteiger partial charge in [-0.1, -0.05) is 54.6 Å². The van der Waals surface area contributed by atoms with Gasteiger partial charge in [0.05, 0.1) is 13.1 Å². The Morgan fingerprint density at radius 3 is 2.38 bits per heavy atom. The van der Waals surface area contributed by atoms with Crippen LogP contribution in [0.2, 0.25) is 0 Å². The van der Waals surface area contributed by atoms with Crippen LogP contribution in [0.15, 0.2) is 59.6 Å². The minimum absolute atomic E-state index is 0.0125. The highest BCUT2D eigenvalue weighted by atomic mass is 16.2. The standard InChI is InChI=1S/C21H28N4O/c1-17-9-7-8-12-19(17)15-23-21(24-16-20(26)25(2)3)22-14-13-18-10-5-4-6-11-18/h4-12H,13-16H2,1-3H3,(H2,22,23,24). The Morgan fingerprint density at radius 2 is 1.69 bits per heavy atom. The number of likely N-dealkylation sites (N-methyl/N-ethyl adjacent to an activating group) is 1. The topological polar surface area (TPSA) is 56.7 Å².